The predicted molar refractivity (Wildman–Crippen MR) is 119 cm³/mol. The van der Waals surface area contributed by atoms with Crippen LogP contribution in [0, 0.1) is 5.41 Å². The van der Waals surface area contributed by atoms with Crippen LogP contribution in [-0.4, -0.2) is 15.4 Å². The molecule has 1 aromatic carbocycles. The first-order valence-electron chi connectivity index (χ1n) is 9.75. The molecule has 152 valence electrons. The number of rotatable bonds is 6. The monoisotopic (exact) mass is 427 g/mol. The van der Waals surface area contributed by atoms with Crippen LogP contribution in [0.15, 0.2) is 47.3 Å². The molecule has 0 spiro atoms. The summed E-state index contributed by atoms with van der Waals surface area (Å²) in [6.07, 6.45) is 6.24. The normalized spacial score (nSPS) is 15.4. The van der Waals surface area contributed by atoms with E-state index >= 15 is 0 Å². The number of carbonyl (C=O) groups is 1. The molecule has 3 aromatic rings. The zero-order valence-electron chi connectivity index (χ0n) is 16.6. The fourth-order valence-corrected chi connectivity index (χ4v) is 5.75. The molecule has 0 unspecified atom stereocenters. The molecule has 0 fully saturated rings. The highest BCUT2D eigenvalue weighted by molar-refractivity contribution is 7.77. The van der Waals surface area contributed by atoms with Crippen molar-refractivity contribution in [3.8, 4) is 10.4 Å². The lowest BCUT2D eigenvalue weighted by Crippen LogP contribution is -2.22. The maximum Gasteiger partial charge on any atom is 0.337 e. The average molecular weight is 428 g/mol. The number of hydrogen-bond donors (Lipinski definition) is 2. The third kappa shape index (κ3) is 4.29. The highest BCUT2D eigenvalue weighted by Gasteiger charge is 2.33. The molecule has 0 bridgehead atoms. The van der Waals surface area contributed by atoms with Gasteiger partial charge in [-0.05, 0) is 47.4 Å². The smallest absolute Gasteiger partial charge is 0.337 e. The van der Waals surface area contributed by atoms with Gasteiger partial charge >= 0.3 is 5.97 Å². The van der Waals surface area contributed by atoms with E-state index in [1.165, 1.54) is 4.88 Å². The first kappa shape index (κ1) is 20.3. The van der Waals surface area contributed by atoms with E-state index in [4.69, 9.17) is 4.42 Å². The Morgan fingerprint density at radius 3 is 2.79 bits per heavy atom. The van der Waals surface area contributed by atoms with Crippen molar-refractivity contribution in [1.82, 2.24) is 4.31 Å². The second-order valence-electron chi connectivity index (χ2n) is 8.47. The van der Waals surface area contributed by atoms with Crippen molar-refractivity contribution < 1.29 is 14.3 Å². The van der Waals surface area contributed by atoms with Gasteiger partial charge in [0.1, 0.15) is 0 Å². The van der Waals surface area contributed by atoms with Gasteiger partial charge in [-0.25, -0.2) is 9.10 Å². The summed E-state index contributed by atoms with van der Waals surface area (Å²) in [7, 11) is 0. The molecule has 1 aliphatic rings. The van der Waals surface area contributed by atoms with Gasteiger partial charge in [-0.15, -0.1) is 11.3 Å². The summed E-state index contributed by atoms with van der Waals surface area (Å²) in [5, 5.41) is 10.1. The van der Waals surface area contributed by atoms with Crippen LogP contribution in [0.3, 0.4) is 0 Å². The number of carboxylic acids is 1. The Morgan fingerprint density at radius 1 is 1.28 bits per heavy atom. The minimum absolute atomic E-state index is 0.140. The zero-order valence-corrected chi connectivity index (χ0v) is 18.4. The van der Waals surface area contributed by atoms with Crippen LogP contribution in [0.25, 0.3) is 10.4 Å². The molecule has 29 heavy (non-hydrogen) atoms. The van der Waals surface area contributed by atoms with Gasteiger partial charge in [-0.3, -0.25) is 0 Å². The van der Waals surface area contributed by atoms with Gasteiger partial charge < -0.3 is 9.52 Å². The molecule has 0 radical (unpaired) electrons. The molecule has 2 heterocycles. The van der Waals surface area contributed by atoms with Crippen molar-refractivity contribution in [1.29, 1.82) is 0 Å². The van der Waals surface area contributed by atoms with Crippen LogP contribution >= 0.6 is 24.2 Å². The van der Waals surface area contributed by atoms with E-state index in [9.17, 15) is 9.90 Å². The number of furan rings is 1. The Labute approximate surface area is 180 Å². The molecule has 0 amide bonds. The van der Waals surface area contributed by atoms with Gasteiger partial charge in [-0.1, -0.05) is 50.9 Å². The van der Waals surface area contributed by atoms with E-state index in [2.05, 4.69) is 32.7 Å². The second-order valence-corrected chi connectivity index (χ2v) is 10.1. The molecular weight excluding hydrogens is 402 g/mol. The predicted octanol–water partition coefficient (Wildman–Crippen LogP) is 6.07. The molecule has 0 saturated heterocycles. The number of nitrogens with zero attached hydrogens (tertiary/aromatic N) is 1. The van der Waals surface area contributed by atoms with Crippen LogP contribution in [0.1, 0.15) is 52.2 Å². The Balaban J connectivity index is 1.71. The lowest BCUT2D eigenvalue weighted by atomic mass is 9.76. The van der Waals surface area contributed by atoms with E-state index in [1.807, 2.05) is 28.6 Å². The van der Waals surface area contributed by atoms with Gasteiger partial charge in [0.25, 0.3) is 0 Å². The molecule has 1 aliphatic carbocycles. The largest absolute Gasteiger partial charge is 0.478 e. The van der Waals surface area contributed by atoms with Gasteiger partial charge in [0.15, 0.2) is 0 Å². The van der Waals surface area contributed by atoms with Crippen molar-refractivity contribution in [2.24, 2.45) is 5.41 Å². The minimum atomic E-state index is -0.828. The van der Waals surface area contributed by atoms with Gasteiger partial charge in [0, 0.05) is 28.4 Å². The van der Waals surface area contributed by atoms with E-state index in [-0.39, 0.29) is 5.41 Å². The Morgan fingerprint density at radius 2 is 2.07 bits per heavy atom. The number of hydrogen-bond acceptors (Lipinski definition) is 5. The summed E-state index contributed by atoms with van der Waals surface area (Å²) in [4.78, 5) is 14.4. The molecule has 6 heteroatoms. The highest BCUT2D eigenvalue weighted by atomic mass is 32.1. The Hall–Kier alpha value is -2.02. The van der Waals surface area contributed by atoms with Crippen molar-refractivity contribution >= 4 is 30.1 Å². The van der Waals surface area contributed by atoms with Gasteiger partial charge in [-0.2, -0.15) is 0 Å². The third-order valence-corrected chi connectivity index (χ3v) is 7.16. The Kier molecular flexibility index (Phi) is 5.60. The number of carboxylic acid groups (broad SMARTS) is 1. The maximum atomic E-state index is 12.3. The third-order valence-electron chi connectivity index (χ3n) is 5.55. The summed E-state index contributed by atoms with van der Waals surface area (Å²) >= 11 is 6.28. The molecule has 2 aromatic heterocycles. The van der Waals surface area contributed by atoms with Crippen LogP contribution in [0.4, 0.5) is 0 Å². The lowest BCUT2D eigenvalue weighted by molar-refractivity contribution is 0.0696. The van der Waals surface area contributed by atoms with Crippen LogP contribution < -0.4 is 0 Å². The number of fused-ring (bicyclic) bond motifs is 1. The molecule has 0 aliphatic heterocycles. The Bertz CT molecular complexity index is 1020. The topological polar surface area (TPSA) is 53.7 Å². The molecular formula is C23H25NO3S2. The number of aryl methyl sites for hydroxylation is 1. The molecule has 0 saturated carbocycles. The van der Waals surface area contributed by atoms with E-state index in [0.717, 1.165) is 46.4 Å². The average Bonchev–Trinajstić information content (AvgIpc) is 3.28. The molecule has 1 N–H and O–H groups in total. The number of aromatic carboxylic acids is 1. The lowest BCUT2D eigenvalue weighted by Gasteiger charge is -2.29. The zero-order chi connectivity index (χ0) is 20.6. The van der Waals surface area contributed by atoms with Crippen LogP contribution in [0.2, 0.25) is 0 Å². The maximum absolute atomic E-state index is 12.3. The van der Waals surface area contributed by atoms with Crippen molar-refractivity contribution in [3.63, 3.8) is 0 Å². The number of thiol groups is 1. The SMILES string of the molecule is CC1(C)CCc2sc(-c3ccccc3CN(S)Cc3ccoc3)c(C(=O)O)c2C1. The van der Waals surface area contributed by atoms with Crippen molar-refractivity contribution in [2.75, 3.05) is 0 Å². The minimum Gasteiger partial charge on any atom is -0.478 e. The fraction of sp³-hybridized carbons (Fsp3) is 0.348. The summed E-state index contributed by atoms with van der Waals surface area (Å²) in [6, 6.07) is 9.99. The standard InChI is InChI=1S/C23H25NO3S2/c1-23(2)9-7-19-18(11-23)20(22(25)26)21(29-19)17-6-4-3-5-16(17)13-24(28)12-15-8-10-27-14-15/h3-6,8,10,14,28H,7,9,11-13H2,1-2H3,(H,25,26). The second kappa shape index (κ2) is 8.01. The summed E-state index contributed by atoms with van der Waals surface area (Å²) in [5.41, 5.74) is 4.79. The number of thiophene rings is 1. The quantitative estimate of drug-likeness (QED) is 0.469. The fourth-order valence-electron chi connectivity index (χ4n) is 4.06. The van der Waals surface area contributed by atoms with E-state index in [0.29, 0.717) is 18.7 Å². The van der Waals surface area contributed by atoms with Crippen LogP contribution in [0.5, 0.6) is 0 Å². The first-order chi connectivity index (χ1) is 13.8. The molecule has 4 rings (SSSR count). The highest BCUT2D eigenvalue weighted by Crippen LogP contribution is 2.45. The van der Waals surface area contributed by atoms with Crippen molar-refractivity contribution in [2.45, 2.75) is 46.2 Å². The summed E-state index contributed by atoms with van der Waals surface area (Å²) in [5.74, 6) is -0.828. The molecule has 0 atom stereocenters. The molecule has 4 nitrogen and oxygen atoms in total. The van der Waals surface area contributed by atoms with E-state index in [1.54, 1.807) is 23.9 Å². The summed E-state index contributed by atoms with van der Waals surface area (Å²) in [6.45, 7) is 5.70. The van der Waals surface area contributed by atoms with E-state index < -0.39 is 5.97 Å². The van der Waals surface area contributed by atoms with Gasteiger partial charge in [0.2, 0.25) is 0 Å². The summed E-state index contributed by atoms with van der Waals surface area (Å²) < 4.78 is 7.06. The van der Waals surface area contributed by atoms with Crippen molar-refractivity contribution in [3.05, 3.63) is 70.0 Å². The van der Waals surface area contributed by atoms with Gasteiger partial charge in [0.05, 0.1) is 18.1 Å². The van der Waals surface area contributed by atoms with Crippen LogP contribution in [-0.2, 0) is 25.9 Å². The first-order valence-corrected chi connectivity index (χ1v) is 11.0. The number of benzene rings is 1.